The molecular weight excluding hydrogens is 228 g/mol. The third-order valence-electron chi connectivity index (χ3n) is 3.75. The molecule has 1 rings (SSSR count). The van der Waals surface area contributed by atoms with Crippen molar-refractivity contribution < 1.29 is 0 Å². The molecule has 0 spiro atoms. The quantitative estimate of drug-likeness (QED) is 0.533. The summed E-state index contributed by atoms with van der Waals surface area (Å²) >= 11 is 0. The fraction of sp³-hybridized carbons (Fsp3) is 0.632. The van der Waals surface area contributed by atoms with Gasteiger partial charge in [-0.1, -0.05) is 65.5 Å². The monoisotopic (exact) mass is 259 g/mol. The molecule has 0 heterocycles. The molecule has 1 aromatic rings. The van der Waals surface area contributed by atoms with E-state index >= 15 is 0 Å². The normalized spacial score (nSPS) is 10.9. The van der Waals surface area contributed by atoms with Crippen molar-refractivity contribution >= 4 is 0 Å². The molecule has 19 heavy (non-hydrogen) atoms. The highest BCUT2D eigenvalue weighted by Crippen LogP contribution is 2.24. The van der Waals surface area contributed by atoms with Crippen LogP contribution in [0.25, 0.3) is 0 Å². The second-order valence-electron chi connectivity index (χ2n) is 5.60. The number of aryl methyl sites for hydroxylation is 3. The van der Waals surface area contributed by atoms with Crippen molar-refractivity contribution in [3.05, 3.63) is 41.3 Å². The minimum atomic E-state index is 1.05. The summed E-state index contributed by atoms with van der Waals surface area (Å²) in [5.41, 5.74) is 6.43. The van der Waals surface area contributed by atoms with E-state index in [1.807, 2.05) is 0 Å². The van der Waals surface area contributed by atoms with Gasteiger partial charge < -0.3 is 0 Å². The van der Waals surface area contributed by atoms with E-state index in [9.17, 15) is 0 Å². The third kappa shape index (κ3) is 5.01. The van der Waals surface area contributed by atoms with Crippen LogP contribution < -0.4 is 0 Å². The third-order valence-corrected chi connectivity index (χ3v) is 3.75. The minimum Gasteiger partial charge on any atom is -0.0651 e. The van der Waals surface area contributed by atoms with Crippen LogP contribution in [0.3, 0.4) is 0 Å². The Morgan fingerprint density at radius 2 is 1.32 bits per heavy atom. The standard InChI is InChI=1S/C19H31/c1-5-9-13-19-17(11-7-3)14-16(10-6-2)15-18(19)12-8-4/h14-15H,1,5-13H2,2-4H3. The van der Waals surface area contributed by atoms with Gasteiger partial charge in [0.2, 0.25) is 0 Å². The zero-order chi connectivity index (χ0) is 14.1. The molecule has 0 atom stereocenters. The second-order valence-corrected chi connectivity index (χ2v) is 5.60. The Balaban J connectivity index is 3.11. The van der Waals surface area contributed by atoms with E-state index in [-0.39, 0.29) is 0 Å². The molecule has 1 aromatic carbocycles. The van der Waals surface area contributed by atoms with E-state index < -0.39 is 0 Å². The van der Waals surface area contributed by atoms with Crippen molar-refractivity contribution in [3.63, 3.8) is 0 Å². The Hall–Kier alpha value is -0.780. The lowest BCUT2D eigenvalue weighted by atomic mass is 9.89. The summed E-state index contributed by atoms with van der Waals surface area (Å²) in [7, 11) is 0. The number of unbranched alkanes of at least 4 members (excludes halogenated alkanes) is 1. The van der Waals surface area contributed by atoms with Gasteiger partial charge in [0.25, 0.3) is 0 Å². The van der Waals surface area contributed by atoms with Crippen LogP contribution in [0.15, 0.2) is 12.1 Å². The molecular formula is C19H31. The molecule has 0 nitrogen and oxygen atoms in total. The first-order valence-electron chi connectivity index (χ1n) is 8.19. The Bertz CT molecular complexity index is 335. The number of hydrogen-bond donors (Lipinski definition) is 0. The first kappa shape index (κ1) is 16.3. The van der Waals surface area contributed by atoms with Crippen LogP contribution in [0.5, 0.6) is 0 Å². The summed E-state index contributed by atoms with van der Waals surface area (Å²) in [6.07, 6.45) is 10.9. The van der Waals surface area contributed by atoms with Crippen molar-refractivity contribution in [2.45, 2.75) is 78.6 Å². The molecule has 0 heteroatoms. The zero-order valence-electron chi connectivity index (χ0n) is 13.2. The van der Waals surface area contributed by atoms with Crippen LogP contribution in [0.4, 0.5) is 0 Å². The van der Waals surface area contributed by atoms with Gasteiger partial charge in [-0.25, -0.2) is 0 Å². The molecule has 107 valence electrons. The summed E-state index contributed by atoms with van der Waals surface area (Å²) in [6.45, 7) is 10.9. The topological polar surface area (TPSA) is 0 Å². The highest BCUT2D eigenvalue weighted by molar-refractivity contribution is 5.40. The SMILES string of the molecule is [CH2]CCCc1c(CCC)cc(CCC)cc1CCC. The predicted octanol–water partition coefficient (Wildman–Crippen LogP) is 5.70. The fourth-order valence-corrected chi connectivity index (χ4v) is 2.91. The summed E-state index contributed by atoms with van der Waals surface area (Å²) < 4.78 is 0. The van der Waals surface area contributed by atoms with Crippen LogP contribution in [0.2, 0.25) is 0 Å². The second kappa shape index (κ2) is 9.18. The Morgan fingerprint density at radius 3 is 1.74 bits per heavy atom. The van der Waals surface area contributed by atoms with Gasteiger partial charge in [0.05, 0.1) is 0 Å². The molecule has 0 bridgehead atoms. The lowest BCUT2D eigenvalue weighted by Gasteiger charge is -2.17. The van der Waals surface area contributed by atoms with E-state index in [2.05, 4.69) is 39.8 Å². The highest BCUT2D eigenvalue weighted by atomic mass is 14.1. The molecule has 0 aromatic heterocycles. The maximum absolute atomic E-state index is 4.00. The molecule has 0 fully saturated rings. The minimum absolute atomic E-state index is 1.05. The molecule has 0 saturated heterocycles. The molecule has 0 aliphatic heterocycles. The average molecular weight is 259 g/mol. The molecule has 0 aliphatic carbocycles. The van der Waals surface area contributed by atoms with Gasteiger partial charge in [-0.15, -0.1) is 0 Å². The van der Waals surface area contributed by atoms with Gasteiger partial charge in [-0.3, -0.25) is 0 Å². The lowest BCUT2D eigenvalue weighted by molar-refractivity contribution is 0.786. The molecule has 0 N–H and O–H groups in total. The summed E-state index contributed by atoms with van der Waals surface area (Å²) in [4.78, 5) is 0. The molecule has 0 aliphatic rings. The lowest BCUT2D eigenvalue weighted by Crippen LogP contribution is -2.03. The van der Waals surface area contributed by atoms with Crippen LogP contribution >= 0.6 is 0 Å². The smallest absolute Gasteiger partial charge is 0.0273 e. The first-order chi connectivity index (χ1) is 9.26. The summed E-state index contributed by atoms with van der Waals surface area (Å²) in [5, 5.41) is 0. The zero-order valence-corrected chi connectivity index (χ0v) is 13.2. The van der Waals surface area contributed by atoms with Crippen LogP contribution in [-0.4, -0.2) is 0 Å². The Labute approximate surface area is 120 Å². The summed E-state index contributed by atoms with van der Waals surface area (Å²) in [6, 6.07) is 4.95. The first-order valence-corrected chi connectivity index (χ1v) is 8.19. The Kier molecular flexibility index (Phi) is 7.86. The molecule has 0 unspecified atom stereocenters. The van der Waals surface area contributed by atoms with E-state index in [0.29, 0.717) is 0 Å². The fourth-order valence-electron chi connectivity index (χ4n) is 2.91. The maximum atomic E-state index is 4.00. The van der Waals surface area contributed by atoms with Crippen molar-refractivity contribution in [1.82, 2.24) is 0 Å². The molecule has 0 saturated carbocycles. The van der Waals surface area contributed by atoms with Gasteiger partial charge in [0.15, 0.2) is 0 Å². The largest absolute Gasteiger partial charge is 0.0651 e. The predicted molar refractivity (Wildman–Crippen MR) is 86.7 cm³/mol. The van der Waals surface area contributed by atoms with Crippen molar-refractivity contribution in [1.29, 1.82) is 0 Å². The van der Waals surface area contributed by atoms with Gasteiger partial charge in [-0.2, -0.15) is 0 Å². The van der Waals surface area contributed by atoms with Gasteiger partial charge in [0.1, 0.15) is 0 Å². The van der Waals surface area contributed by atoms with Crippen molar-refractivity contribution in [2.24, 2.45) is 0 Å². The van der Waals surface area contributed by atoms with Gasteiger partial charge in [-0.05, 0) is 54.4 Å². The van der Waals surface area contributed by atoms with Gasteiger partial charge >= 0.3 is 0 Å². The molecule has 1 radical (unpaired) electrons. The van der Waals surface area contributed by atoms with E-state index in [1.54, 1.807) is 22.3 Å². The van der Waals surface area contributed by atoms with Crippen molar-refractivity contribution in [2.75, 3.05) is 0 Å². The van der Waals surface area contributed by atoms with Crippen LogP contribution in [0.1, 0.15) is 75.1 Å². The maximum Gasteiger partial charge on any atom is -0.0273 e. The van der Waals surface area contributed by atoms with Crippen LogP contribution in [-0.2, 0) is 25.7 Å². The average Bonchev–Trinajstić information content (AvgIpc) is 2.39. The van der Waals surface area contributed by atoms with E-state index in [0.717, 1.165) is 6.42 Å². The van der Waals surface area contributed by atoms with E-state index in [1.165, 1.54) is 51.4 Å². The van der Waals surface area contributed by atoms with E-state index in [4.69, 9.17) is 0 Å². The van der Waals surface area contributed by atoms with Crippen LogP contribution in [0, 0.1) is 6.92 Å². The molecule has 0 amide bonds. The highest BCUT2D eigenvalue weighted by Gasteiger charge is 2.10. The number of benzene rings is 1. The Morgan fingerprint density at radius 1 is 0.789 bits per heavy atom. The van der Waals surface area contributed by atoms with Gasteiger partial charge in [0, 0.05) is 0 Å². The number of rotatable bonds is 9. The van der Waals surface area contributed by atoms with Crippen molar-refractivity contribution in [3.8, 4) is 0 Å². The number of hydrogen-bond acceptors (Lipinski definition) is 0. The summed E-state index contributed by atoms with van der Waals surface area (Å²) in [5.74, 6) is 0.